The zero-order valence-electron chi connectivity index (χ0n) is 6.21. The maximum Gasteiger partial charge on any atom is 0.120 e. The molecule has 64 valence electrons. The van der Waals surface area contributed by atoms with Crippen molar-refractivity contribution in [3.05, 3.63) is 0 Å². The van der Waals surface area contributed by atoms with Gasteiger partial charge in [-0.25, -0.2) is 0 Å². The summed E-state index contributed by atoms with van der Waals surface area (Å²) in [6.07, 6.45) is 0.549. The number of thioether (sulfide) groups is 2. The van der Waals surface area contributed by atoms with Crippen LogP contribution < -0.4 is 10.6 Å². The first-order valence-corrected chi connectivity index (χ1v) is 6.04. The average Bonchev–Trinajstić information content (AvgIpc) is 2.60. The highest BCUT2D eigenvalue weighted by molar-refractivity contribution is 7.99. The van der Waals surface area contributed by atoms with Crippen molar-refractivity contribution in [1.29, 1.82) is 0 Å². The van der Waals surface area contributed by atoms with E-state index in [-0.39, 0.29) is 12.5 Å². The molecule has 0 aromatic rings. The molecule has 2 saturated heterocycles. The van der Waals surface area contributed by atoms with Crippen molar-refractivity contribution in [2.45, 2.75) is 12.5 Å². The normalized spacial score (nSPS) is 38.2. The third kappa shape index (κ3) is 2.26. The minimum absolute atomic E-state index is 0.274. The molecule has 0 spiro atoms. The van der Waals surface area contributed by atoms with Crippen LogP contribution in [0.2, 0.25) is 0 Å². The van der Waals surface area contributed by atoms with Crippen LogP contribution in [0.4, 0.5) is 0 Å². The molecule has 2 heterocycles. The highest BCUT2D eigenvalue weighted by Gasteiger charge is 2.22. The minimum atomic E-state index is 0.274. The maximum absolute atomic E-state index is 5.71. The fourth-order valence-corrected chi connectivity index (χ4v) is 2.79. The molecule has 2 N–H and O–H groups in total. The highest BCUT2D eigenvalue weighted by atomic mass is 32.2. The van der Waals surface area contributed by atoms with Gasteiger partial charge in [-0.15, -0.1) is 23.5 Å². The van der Waals surface area contributed by atoms with Gasteiger partial charge in [0, 0.05) is 23.3 Å². The van der Waals surface area contributed by atoms with Crippen molar-refractivity contribution in [3.8, 4) is 0 Å². The Morgan fingerprint density at radius 2 is 1.55 bits per heavy atom. The van der Waals surface area contributed by atoms with Crippen LogP contribution in [0, 0.1) is 0 Å². The molecule has 0 aromatic heterocycles. The topological polar surface area (TPSA) is 33.3 Å². The number of ether oxygens (including phenoxy) is 1. The summed E-state index contributed by atoms with van der Waals surface area (Å²) in [5.41, 5.74) is 0. The fourth-order valence-electron chi connectivity index (χ4n) is 1.13. The van der Waals surface area contributed by atoms with E-state index in [0.717, 1.165) is 23.3 Å². The maximum atomic E-state index is 5.71. The first kappa shape index (κ1) is 8.19. The van der Waals surface area contributed by atoms with Crippen LogP contribution in [-0.2, 0) is 4.74 Å². The second-order valence-electron chi connectivity index (χ2n) is 2.55. The number of hydrogen-bond donors (Lipinski definition) is 2. The van der Waals surface area contributed by atoms with Gasteiger partial charge in [0.2, 0.25) is 0 Å². The van der Waals surface area contributed by atoms with Gasteiger partial charge in [-0.2, -0.15) is 0 Å². The molecule has 2 fully saturated rings. The second kappa shape index (κ2) is 4.00. The quantitative estimate of drug-likeness (QED) is 0.655. The zero-order chi connectivity index (χ0) is 7.52. The summed E-state index contributed by atoms with van der Waals surface area (Å²) in [5, 5.41) is 6.55. The van der Waals surface area contributed by atoms with Gasteiger partial charge in [-0.1, -0.05) is 0 Å². The van der Waals surface area contributed by atoms with E-state index in [9.17, 15) is 0 Å². The molecule has 0 aromatic carbocycles. The smallest absolute Gasteiger partial charge is 0.120 e. The summed E-state index contributed by atoms with van der Waals surface area (Å²) < 4.78 is 5.71. The zero-order valence-corrected chi connectivity index (χ0v) is 7.84. The van der Waals surface area contributed by atoms with E-state index in [1.807, 2.05) is 23.5 Å². The lowest BCUT2D eigenvalue weighted by atomic mass is 10.6. The Bertz CT molecular complexity index is 110. The average molecular weight is 192 g/mol. The molecule has 2 aliphatic rings. The molecule has 2 aliphatic heterocycles. The molecule has 2 atom stereocenters. The van der Waals surface area contributed by atoms with Crippen molar-refractivity contribution in [2.24, 2.45) is 0 Å². The lowest BCUT2D eigenvalue weighted by Gasteiger charge is -2.16. The Balaban J connectivity index is 1.71. The van der Waals surface area contributed by atoms with E-state index in [0.29, 0.717) is 0 Å². The van der Waals surface area contributed by atoms with E-state index in [1.165, 1.54) is 0 Å². The van der Waals surface area contributed by atoms with Crippen LogP contribution >= 0.6 is 23.5 Å². The monoisotopic (exact) mass is 192 g/mol. The van der Waals surface area contributed by atoms with Gasteiger partial charge in [0.1, 0.15) is 12.5 Å². The summed E-state index contributed by atoms with van der Waals surface area (Å²) in [5.74, 6) is 4.24. The molecule has 3 nitrogen and oxygen atoms in total. The SMILES string of the molecule is C1NC(OC2CSCN2)CS1. The van der Waals surface area contributed by atoms with Crippen LogP contribution in [0.3, 0.4) is 0 Å². The number of hydrogen-bond acceptors (Lipinski definition) is 5. The predicted molar refractivity (Wildman–Crippen MR) is 49.6 cm³/mol. The third-order valence-corrected chi connectivity index (χ3v) is 3.51. The summed E-state index contributed by atoms with van der Waals surface area (Å²) in [6.45, 7) is 0. The van der Waals surface area contributed by atoms with Gasteiger partial charge in [0.25, 0.3) is 0 Å². The molecule has 11 heavy (non-hydrogen) atoms. The summed E-state index contributed by atoms with van der Waals surface area (Å²) in [6, 6.07) is 0. The molecule has 0 aliphatic carbocycles. The number of rotatable bonds is 2. The largest absolute Gasteiger partial charge is 0.343 e. The Labute approximate surface area is 75.0 Å². The van der Waals surface area contributed by atoms with Gasteiger partial charge in [-0.3, -0.25) is 10.6 Å². The second-order valence-corrected chi connectivity index (χ2v) is 4.61. The number of nitrogens with one attached hydrogen (secondary N) is 2. The highest BCUT2D eigenvalue weighted by Crippen LogP contribution is 2.16. The van der Waals surface area contributed by atoms with E-state index >= 15 is 0 Å². The lowest BCUT2D eigenvalue weighted by Crippen LogP contribution is -2.37. The van der Waals surface area contributed by atoms with Gasteiger partial charge < -0.3 is 4.74 Å². The standard InChI is InChI=1S/C6H12N2OS2/c1-5(7-3-10-1)9-6-2-11-4-8-6/h5-8H,1-4H2. The van der Waals surface area contributed by atoms with Crippen LogP contribution in [0.1, 0.15) is 0 Å². The summed E-state index contributed by atoms with van der Waals surface area (Å²) >= 11 is 3.79. The van der Waals surface area contributed by atoms with Crippen LogP contribution in [-0.4, -0.2) is 35.7 Å². The molecular formula is C6H12N2OS2. The van der Waals surface area contributed by atoms with Gasteiger partial charge in [-0.05, 0) is 0 Å². The molecule has 2 rings (SSSR count). The summed E-state index contributed by atoms with van der Waals surface area (Å²) in [4.78, 5) is 0. The van der Waals surface area contributed by atoms with E-state index < -0.39 is 0 Å². The van der Waals surface area contributed by atoms with Gasteiger partial charge >= 0.3 is 0 Å². The molecular weight excluding hydrogens is 180 g/mol. The van der Waals surface area contributed by atoms with E-state index in [2.05, 4.69) is 10.6 Å². The first-order chi connectivity index (χ1) is 5.45. The first-order valence-electron chi connectivity index (χ1n) is 3.73. The molecule has 5 heteroatoms. The Morgan fingerprint density at radius 3 is 1.91 bits per heavy atom. The van der Waals surface area contributed by atoms with Crippen molar-refractivity contribution < 1.29 is 4.74 Å². The molecule has 0 saturated carbocycles. The Hall–Kier alpha value is 0.580. The van der Waals surface area contributed by atoms with Crippen molar-refractivity contribution in [1.82, 2.24) is 10.6 Å². The van der Waals surface area contributed by atoms with Crippen LogP contribution in [0.5, 0.6) is 0 Å². The van der Waals surface area contributed by atoms with Crippen molar-refractivity contribution in [2.75, 3.05) is 23.3 Å². The molecule has 2 unspecified atom stereocenters. The third-order valence-electron chi connectivity index (χ3n) is 1.69. The van der Waals surface area contributed by atoms with Gasteiger partial charge in [0.05, 0.1) is 0 Å². The Morgan fingerprint density at radius 1 is 1.00 bits per heavy atom. The molecule has 0 radical (unpaired) electrons. The Kier molecular flexibility index (Phi) is 2.98. The lowest BCUT2D eigenvalue weighted by molar-refractivity contribution is -0.00909. The van der Waals surface area contributed by atoms with Gasteiger partial charge in [0.15, 0.2) is 0 Å². The molecule has 0 bridgehead atoms. The van der Waals surface area contributed by atoms with Crippen molar-refractivity contribution >= 4 is 23.5 Å². The van der Waals surface area contributed by atoms with Crippen LogP contribution in [0.25, 0.3) is 0 Å². The predicted octanol–water partition coefficient (Wildman–Crippen LogP) is 0.243. The van der Waals surface area contributed by atoms with Crippen LogP contribution in [0.15, 0.2) is 0 Å². The minimum Gasteiger partial charge on any atom is -0.343 e. The molecule has 0 amide bonds. The fraction of sp³-hybridized carbons (Fsp3) is 1.00. The van der Waals surface area contributed by atoms with E-state index in [1.54, 1.807) is 0 Å². The van der Waals surface area contributed by atoms with E-state index in [4.69, 9.17) is 4.74 Å². The van der Waals surface area contributed by atoms with Crippen molar-refractivity contribution in [3.63, 3.8) is 0 Å². The summed E-state index contributed by atoms with van der Waals surface area (Å²) in [7, 11) is 0.